The van der Waals surface area contributed by atoms with Crippen molar-refractivity contribution in [1.29, 1.82) is 0 Å². The summed E-state index contributed by atoms with van der Waals surface area (Å²) in [5.74, 6) is 0.00428. The maximum absolute atomic E-state index is 13.1. The van der Waals surface area contributed by atoms with Gasteiger partial charge in [0, 0.05) is 29.5 Å². The van der Waals surface area contributed by atoms with Crippen LogP contribution in [-0.4, -0.2) is 18.0 Å². The van der Waals surface area contributed by atoms with Crippen LogP contribution in [0.25, 0.3) is 0 Å². The number of carbonyl (C=O) groups excluding carboxylic acids is 2. The van der Waals surface area contributed by atoms with Crippen molar-refractivity contribution < 1.29 is 9.59 Å². The fourth-order valence-corrected chi connectivity index (χ4v) is 4.03. The normalized spacial score (nSPS) is 14.8. The van der Waals surface area contributed by atoms with E-state index in [0.717, 1.165) is 40.0 Å². The number of benzene rings is 3. The van der Waals surface area contributed by atoms with Crippen molar-refractivity contribution in [2.45, 2.75) is 39.8 Å². The molecule has 0 radical (unpaired) electrons. The molecular weight excluding hydrogens is 386 g/mol. The predicted molar refractivity (Wildman–Crippen MR) is 125 cm³/mol. The molecule has 31 heavy (non-hydrogen) atoms. The van der Waals surface area contributed by atoms with E-state index < -0.39 is 0 Å². The second-order valence-corrected chi connectivity index (χ2v) is 8.11. The number of anilines is 2. The molecule has 1 heterocycles. The smallest absolute Gasteiger partial charge is 0.319 e. The monoisotopic (exact) mass is 413 g/mol. The van der Waals surface area contributed by atoms with E-state index in [-0.39, 0.29) is 18.0 Å². The van der Waals surface area contributed by atoms with Crippen LogP contribution in [-0.2, 0) is 13.0 Å². The Hall–Kier alpha value is -3.60. The van der Waals surface area contributed by atoms with Crippen LogP contribution < -0.4 is 15.5 Å². The zero-order valence-corrected chi connectivity index (χ0v) is 18.1. The van der Waals surface area contributed by atoms with E-state index in [1.807, 2.05) is 79.4 Å². The number of urea groups is 1. The van der Waals surface area contributed by atoms with Gasteiger partial charge in [-0.2, -0.15) is 0 Å². The second kappa shape index (κ2) is 8.64. The predicted octanol–water partition coefficient (Wildman–Crippen LogP) is 5.22. The number of aryl methyl sites for hydroxylation is 1. The Kier molecular flexibility index (Phi) is 5.76. The minimum absolute atomic E-state index is 0.00428. The van der Waals surface area contributed by atoms with E-state index in [1.165, 1.54) is 0 Å². The molecule has 5 heteroatoms. The molecule has 3 aromatic rings. The van der Waals surface area contributed by atoms with Crippen molar-refractivity contribution in [3.8, 4) is 0 Å². The first-order valence-electron chi connectivity index (χ1n) is 10.6. The van der Waals surface area contributed by atoms with Gasteiger partial charge in [0.25, 0.3) is 5.91 Å². The van der Waals surface area contributed by atoms with Crippen molar-refractivity contribution >= 4 is 23.3 Å². The van der Waals surface area contributed by atoms with Crippen LogP contribution in [0.3, 0.4) is 0 Å². The highest BCUT2D eigenvalue weighted by atomic mass is 16.2. The molecule has 0 aromatic heterocycles. The molecule has 5 nitrogen and oxygen atoms in total. The Bertz CT molecular complexity index is 1120. The summed E-state index contributed by atoms with van der Waals surface area (Å²) in [4.78, 5) is 27.4. The van der Waals surface area contributed by atoms with Crippen LogP contribution in [0, 0.1) is 13.8 Å². The van der Waals surface area contributed by atoms with Crippen molar-refractivity contribution in [3.05, 3.63) is 94.5 Å². The number of carbonyl (C=O) groups is 2. The third kappa shape index (κ3) is 4.31. The molecule has 0 saturated heterocycles. The number of nitrogens with one attached hydrogen (secondary N) is 2. The van der Waals surface area contributed by atoms with Crippen LogP contribution in [0.5, 0.6) is 0 Å². The minimum atomic E-state index is -0.250. The Labute approximate surface area is 183 Å². The topological polar surface area (TPSA) is 61.4 Å². The molecule has 1 aliphatic heterocycles. The average Bonchev–Trinajstić information content (AvgIpc) is 3.10. The highest BCUT2D eigenvalue weighted by Gasteiger charge is 2.31. The lowest BCUT2D eigenvalue weighted by molar-refractivity contribution is 0.0981. The van der Waals surface area contributed by atoms with E-state index in [2.05, 4.69) is 23.6 Å². The molecule has 2 N–H and O–H groups in total. The summed E-state index contributed by atoms with van der Waals surface area (Å²) < 4.78 is 0. The largest absolute Gasteiger partial charge is 0.334 e. The quantitative estimate of drug-likeness (QED) is 0.616. The molecule has 158 valence electrons. The number of nitrogens with zero attached hydrogens (tertiary/aromatic N) is 1. The molecule has 1 atom stereocenters. The van der Waals surface area contributed by atoms with Crippen molar-refractivity contribution in [2.24, 2.45) is 0 Å². The molecule has 1 aliphatic rings. The zero-order chi connectivity index (χ0) is 22.0. The van der Waals surface area contributed by atoms with E-state index in [1.54, 1.807) is 0 Å². The zero-order valence-electron chi connectivity index (χ0n) is 18.1. The number of amides is 3. The SMILES string of the molecule is Cc1cccc(NC(=O)NCc2ccc3c(c2)N(C(=O)c2ccccc2)C(C)C3)c1C. The number of rotatable bonds is 4. The summed E-state index contributed by atoms with van der Waals surface area (Å²) in [5.41, 5.74) is 6.71. The lowest BCUT2D eigenvalue weighted by Crippen LogP contribution is -2.35. The summed E-state index contributed by atoms with van der Waals surface area (Å²) in [5, 5.41) is 5.83. The van der Waals surface area contributed by atoms with Crippen LogP contribution in [0.2, 0.25) is 0 Å². The lowest BCUT2D eigenvalue weighted by atomic mass is 10.1. The molecule has 0 aliphatic carbocycles. The fraction of sp³-hybridized carbons (Fsp3) is 0.231. The van der Waals surface area contributed by atoms with Gasteiger partial charge in [0.2, 0.25) is 0 Å². The molecule has 3 aromatic carbocycles. The van der Waals surface area contributed by atoms with Gasteiger partial charge in [-0.3, -0.25) is 4.79 Å². The minimum Gasteiger partial charge on any atom is -0.334 e. The van der Waals surface area contributed by atoms with Crippen molar-refractivity contribution in [3.63, 3.8) is 0 Å². The molecule has 1 unspecified atom stereocenters. The second-order valence-electron chi connectivity index (χ2n) is 8.11. The molecular formula is C26H27N3O2. The molecule has 3 amide bonds. The molecule has 0 fully saturated rings. The van der Waals surface area contributed by atoms with Gasteiger partial charge in [-0.1, -0.05) is 42.5 Å². The van der Waals surface area contributed by atoms with Gasteiger partial charge in [0.15, 0.2) is 0 Å². The van der Waals surface area contributed by atoms with Crippen LogP contribution in [0.15, 0.2) is 66.7 Å². The standard InChI is InChI=1S/C26H27N3O2/c1-17-8-7-11-23(19(17)3)28-26(31)27-16-20-12-13-22-14-18(2)29(24(22)15-20)25(30)21-9-5-4-6-10-21/h4-13,15,18H,14,16H2,1-3H3,(H2,27,28,31). The summed E-state index contributed by atoms with van der Waals surface area (Å²) in [6.45, 7) is 6.46. The van der Waals surface area contributed by atoms with E-state index in [9.17, 15) is 9.59 Å². The maximum atomic E-state index is 13.1. The van der Waals surface area contributed by atoms with Gasteiger partial charge in [-0.05, 0) is 73.7 Å². The van der Waals surface area contributed by atoms with Crippen molar-refractivity contribution in [1.82, 2.24) is 5.32 Å². The molecule has 0 bridgehead atoms. The Morgan fingerprint density at radius 2 is 1.77 bits per heavy atom. The average molecular weight is 414 g/mol. The Morgan fingerprint density at radius 3 is 2.55 bits per heavy atom. The van der Waals surface area contributed by atoms with Crippen LogP contribution in [0.1, 0.15) is 39.5 Å². The first-order chi connectivity index (χ1) is 14.9. The third-order valence-electron chi connectivity index (χ3n) is 5.91. The summed E-state index contributed by atoms with van der Waals surface area (Å²) in [6, 6.07) is 21.1. The van der Waals surface area contributed by atoms with Crippen LogP contribution >= 0.6 is 0 Å². The lowest BCUT2D eigenvalue weighted by Gasteiger charge is -2.23. The van der Waals surface area contributed by atoms with Gasteiger partial charge in [0.05, 0.1) is 0 Å². The number of hydrogen-bond donors (Lipinski definition) is 2. The van der Waals surface area contributed by atoms with E-state index in [0.29, 0.717) is 12.1 Å². The summed E-state index contributed by atoms with van der Waals surface area (Å²) >= 11 is 0. The Morgan fingerprint density at radius 1 is 1.00 bits per heavy atom. The molecule has 4 rings (SSSR count). The first kappa shape index (κ1) is 20.7. The van der Waals surface area contributed by atoms with Gasteiger partial charge >= 0.3 is 6.03 Å². The highest BCUT2D eigenvalue weighted by Crippen LogP contribution is 2.34. The highest BCUT2D eigenvalue weighted by molar-refractivity contribution is 6.07. The first-order valence-corrected chi connectivity index (χ1v) is 10.6. The fourth-order valence-electron chi connectivity index (χ4n) is 4.03. The Balaban J connectivity index is 1.47. The van der Waals surface area contributed by atoms with Gasteiger partial charge in [-0.15, -0.1) is 0 Å². The van der Waals surface area contributed by atoms with Gasteiger partial charge in [0.1, 0.15) is 0 Å². The van der Waals surface area contributed by atoms with Crippen molar-refractivity contribution in [2.75, 3.05) is 10.2 Å². The van der Waals surface area contributed by atoms with Crippen LogP contribution in [0.4, 0.5) is 16.2 Å². The number of fused-ring (bicyclic) bond motifs is 1. The van der Waals surface area contributed by atoms with E-state index >= 15 is 0 Å². The summed E-state index contributed by atoms with van der Waals surface area (Å²) in [7, 11) is 0. The summed E-state index contributed by atoms with van der Waals surface area (Å²) in [6.07, 6.45) is 0.828. The maximum Gasteiger partial charge on any atom is 0.319 e. The van der Waals surface area contributed by atoms with E-state index in [4.69, 9.17) is 0 Å². The molecule has 0 spiro atoms. The van der Waals surface area contributed by atoms with Gasteiger partial charge in [-0.25, -0.2) is 4.79 Å². The number of hydrogen-bond acceptors (Lipinski definition) is 2. The third-order valence-corrected chi connectivity index (χ3v) is 5.91. The van der Waals surface area contributed by atoms with Gasteiger partial charge < -0.3 is 15.5 Å². The molecule has 0 saturated carbocycles.